The molecule has 1 atom stereocenters. The van der Waals surface area contributed by atoms with Crippen LogP contribution in [0, 0.1) is 0 Å². The first-order valence-electron chi connectivity index (χ1n) is 11.2. The molecule has 0 spiro atoms. The molecule has 1 heterocycles. The fourth-order valence-corrected chi connectivity index (χ4v) is 4.36. The minimum atomic E-state index is -0.535. The number of piperazine rings is 1. The third kappa shape index (κ3) is 6.44. The summed E-state index contributed by atoms with van der Waals surface area (Å²) in [6, 6.07) is 8.12. The zero-order valence-electron chi connectivity index (χ0n) is 18.4. The highest BCUT2D eigenvalue weighted by Crippen LogP contribution is 2.24. The van der Waals surface area contributed by atoms with Gasteiger partial charge in [0.25, 0.3) is 0 Å². The van der Waals surface area contributed by atoms with Crippen molar-refractivity contribution in [3.8, 4) is 5.75 Å². The Morgan fingerprint density at radius 1 is 1.00 bits per heavy atom. The Kier molecular flexibility index (Phi) is 8.51. The van der Waals surface area contributed by atoms with E-state index in [4.69, 9.17) is 4.74 Å². The third-order valence-electron chi connectivity index (χ3n) is 6.33. The molecule has 0 bridgehead atoms. The van der Waals surface area contributed by atoms with Crippen molar-refractivity contribution in [2.24, 2.45) is 0 Å². The molecule has 166 valence electrons. The smallest absolute Gasteiger partial charge is 0.309 e. The lowest BCUT2D eigenvalue weighted by Crippen LogP contribution is -2.50. The molecule has 1 aliphatic heterocycles. The molecule has 1 aromatic rings. The summed E-state index contributed by atoms with van der Waals surface area (Å²) >= 11 is 0. The maximum absolute atomic E-state index is 12.5. The van der Waals surface area contributed by atoms with Crippen LogP contribution in [0.25, 0.3) is 0 Å². The van der Waals surface area contributed by atoms with Crippen molar-refractivity contribution in [2.75, 3.05) is 46.9 Å². The van der Waals surface area contributed by atoms with Crippen LogP contribution in [-0.4, -0.2) is 74.5 Å². The number of hydrogen-bond donors (Lipinski definition) is 2. The molecule has 1 saturated heterocycles. The lowest BCUT2D eigenvalue weighted by atomic mass is 10.0. The Labute approximate surface area is 180 Å². The van der Waals surface area contributed by atoms with Crippen molar-refractivity contribution in [1.82, 2.24) is 20.4 Å². The zero-order chi connectivity index (χ0) is 21.3. The van der Waals surface area contributed by atoms with E-state index in [0.29, 0.717) is 6.54 Å². The van der Waals surface area contributed by atoms with Crippen LogP contribution < -0.4 is 15.4 Å². The van der Waals surface area contributed by atoms with Gasteiger partial charge in [-0.1, -0.05) is 37.8 Å². The predicted molar refractivity (Wildman–Crippen MR) is 117 cm³/mol. The second-order valence-corrected chi connectivity index (χ2v) is 8.50. The minimum absolute atomic E-state index is 0.0271. The van der Waals surface area contributed by atoms with Crippen LogP contribution in [0.5, 0.6) is 5.75 Å². The number of carbonyl (C=O) groups is 2. The topological polar surface area (TPSA) is 73.9 Å². The molecule has 0 radical (unpaired) electrons. The average molecular weight is 417 g/mol. The highest BCUT2D eigenvalue weighted by atomic mass is 16.5. The number of methoxy groups -OCH3 is 1. The van der Waals surface area contributed by atoms with E-state index in [2.05, 4.69) is 27.5 Å². The van der Waals surface area contributed by atoms with Gasteiger partial charge in [0, 0.05) is 38.8 Å². The van der Waals surface area contributed by atoms with Crippen molar-refractivity contribution in [3.63, 3.8) is 0 Å². The van der Waals surface area contributed by atoms with Crippen molar-refractivity contribution >= 4 is 11.8 Å². The van der Waals surface area contributed by atoms with Gasteiger partial charge in [-0.15, -0.1) is 0 Å². The van der Waals surface area contributed by atoms with Gasteiger partial charge in [-0.25, -0.2) is 0 Å². The first-order chi connectivity index (χ1) is 14.6. The van der Waals surface area contributed by atoms with E-state index in [1.165, 1.54) is 12.8 Å². The molecular weight excluding hydrogens is 380 g/mol. The Bertz CT molecular complexity index is 678. The van der Waals surface area contributed by atoms with Crippen LogP contribution in [0.1, 0.15) is 50.1 Å². The lowest BCUT2D eigenvalue weighted by molar-refractivity contribution is -0.139. The molecule has 1 aromatic carbocycles. The molecule has 0 aromatic heterocycles. The molecule has 7 nitrogen and oxygen atoms in total. The number of rotatable bonds is 6. The number of nitrogens with zero attached hydrogens (tertiary/aromatic N) is 2. The molecule has 2 N–H and O–H groups in total. The molecular formula is C23H36N4O3. The van der Waals surface area contributed by atoms with Gasteiger partial charge in [0.05, 0.1) is 13.2 Å². The van der Waals surface area contributed by atoms with E-state index in [-0.39, 0.29) is 12.1 Å². The molecule has 7 heteroatoms. The van der Waals surface area contributed by atoms with Crippen LogP contribution in [0.2, 0.25) is 0 Å². The Balaban J connectivity index is 1.60. The summed E-state index contributed by atoms with van der Waals surface area (Å²) in [5, 5.41) is 5.82. The van der Waals surface area contributed by atoms with Crippen LogP contribution in [0.4, 0.5) is 0 Å². The summed E-state index contributed by atoms with van der Waals surface area (Å²) < 4.78 is 5.28. The SMILES string of the molecule is COc1ccc(C(CNC(=O)C(=O)NC2CCCCCC2)N2CCN(C)CC2)cc1. The fraction of sp³-hybridized carbons (Fsp3) is 0.652. The number of hydrogen-bond acceptors (Lipinski definition) is 5. The maximum Gasteiger partial charge on any atom is 0.309 e. The van der Waals surface area contributed by atoms with E-state index in [1.807, 2.05) is 24.3 Å². The highest BCUT2D eigenvalue weighted by molar-refractivity contribution is 6.35. The number of carbonyl (C=O) groups excluding carboxylic acids is 2. The lowest BCUT2D eigenvalue weighted by Gasteiger charge is -2.38. The quantitative estimate of drug-likeness (QED) is 0.548. The van der Waals surface area contributed by atoms with Gasteiger partial charge in [0.1, 0.15) is 5.75 Å². The van der Waals surface area contributed by atoms with Crippen molar-refractivity contribution < 1.29 is 14.3 Å². The Hall–Kier alpha value is -2.12. The number of likely N-dealkylation sites (N-methyl/N-ethyl adjacent to an activating group) is 1. The molecule has 30 heavy (non-hydrogen) atoms. The Morgan fingerprint density at radius 3 is 2.23 bits per heavy atom. The number of amides is 2. The summed E-state index contributed by atoms with van der Waals surface area (Å²) in [6.45, 7) is 4.24. The van der Waals surface area contributed by atoms with Gasteiger partial charge in [-0.2, -0.15) is 0 Å². The molecule has 2 aliphatic rings. The fourth-order valence-electron chi connectivity index (χ4n) is 4.36. The second-order valence-electron chi connectivity index (χ2n) is 8.50. The summed E-state index contributed by atoms with van der Waals surface area (Å²) in [5.41, 5.74) is 1.12. The highest BCUT2D eigenvalue weighted by Gasteiger charge is 2.26. The van der Waals surface area contributed by atoms with Gasteiger partial charge in [0.15, 0.2) is 0 Å². The molecule has 1 unspecified atom stereocenters. The van der Waals surface area contributed by atoms with E-state index >= 15 is 0 Å². The van der Waals surface area contributed by atoms with E-state index < -0.39 is 11.8 Å². The van der Waals surface area contributed by atoms with Crippen LogP contribution in [-0.2, 0) is 9.59 Å². The normalized spacial score (nSPS) is 20.2. The van der Waals surface area contributed by atoms with E-state index in [9.17, 15) is 9.59 Å². The largest absolute Gasteiger partial charge is 0.497 e. The van der Waals surface area contributed by atoms with Gasteiger partial charge >= 0.3 is 11.8 Å². The molecule has 1 saturated carbocycles. The summed E-state index contributed by atoms with van der Waals surface area (Å²) in [6.07, 6.45) is 6.61. The van der Waals surface area contributed by atoms with Gasteiger partial charge < -0.3 is 20.3 Å². The first kappa shape index (κ1) is 22.6. The number of nitrogens with one attached hydrogen (secondary N) is 2. The summed E-state index contributed by atoms with van der Waals surface area (Å²) in [5.74, 6) is -0.233. The van der Waals surface area contributed by atoms with Crippen molar-refractivity contribution in [3.05, 3.63) is 29.8 Å². The van der Waals surface area contributed by atoms with Gasteiger partial charge in [-0.05, 0) is 37.6 Å². The van der Waals surface area contributed by atoms with Crippen LogP contribution >= 0.6 is 0 Å². The zero-order valence-corrected chi connectivity index (χ0v) is 18.4. The van der Waals surface area contributed by atoms with Crippen molar-refractivity contribution in [2.45, 2.75) is 50.6 Å². The van der Waals surface area contributed by atoms with E-state index in [1.54, 1.807) is 7.11 Å². The number of benzene rings is 1. The average Bonchev–Trinajstić information content (AvgIpc) is 3.04. The second kappa shape index (κ2) is 11.3. The summed E-state index contributed by atoms with van der Waals surface area (Å²) in [7, 11) is 3.78. The third-order valence-corrected chi connectivity index (χ3v) is 6.33. The monoisotopic (exact) mass is 416 g/mol. The van der Waals surface area contributed by atoms with Crippen LogP contribution in [0.3, 0.4) is 0 Å². The van der Waals surface area contributed by atoms with Gasteiger partial charge in [0.2, 0.25) is 0 Å². The molecule has 3 rings (SSSR count). The summed E-state index contributed by atoms with van der Waals surface area (Å²) in [4.78, 5) is 29.6. The van der Waals surface area contributed by atoms with E-state index in [0.717, 1.165) is 63.2 Å². The molecule has 1 aliphatic carbocycles. The first-order valence-corrected chi connectivity index (χ1v) is 11.2. The van der Waals surface area contributed by atoms with Crippen LogP contribution in [0.15, 0.2) is 24.3 Å². The number of ether oxygens (including phenoxy) is 1. The standard InChI is InChI=1S/C23H36N4O3/c1-26-13-15-27(16-14-26)21(18-9-11-20(30-2)12-10-18)17-24-22(28)23(29)25-19-7-5-3-4-6-8-19/h9-12,19,21H,3-8,13-17H2,1-2H3,(H,24,28)(H,25,29). The van der Waals surface area contributed by atoms with Gasteiger partial charge in [-0.3, -0.25) is 14.5 Å². The van der Waals surface area contributed by atoms with Crippen molar-refractivity contribution in [1.29, 1.82) is 0 Å². The maximum atomic E-state index is 12.5. The minimum Gasteiger partial charge on any atom is -0.497 e. The molecule has 2 fully saturated rings. The molecule has 2 amide bonds. The predicted octanol–water partition coefficient (Wildman–Crippen LogP) is 1.94. The Morgan fingerprint density at radius 2 is 1.63 bits per heavy atom.